The molecule has 2 aromatic rings. The van der Waals surface area contributed by atoms with Gasteiger partial charge in [-0.2, -0.15) is 0 Å². The van der Waals surface area contributed by atoms with E-state index in [2.05, 4.69) is 10.5 Å². The summed E-state index contributed by atoms with van der Waals surface area (Å²) in [7, 11) is 0. The minimum absolute atomic E-state index is 0.157. The van der Waals surface area contributed by atoms with E-state index in [9.17, 15) is 14.9 Å². The molecule has 0 aliphatic rings. The van der Waals surface area contributed by atoms with Crippen LogP contribution in [0.3, 0.4) is 0 Å². The van der Waals surface area contributed by atoms with E-state index in [0.29, 0.717) is 23.7 Å². The summed E-state index contributed by atoms with van der Waals surface area (Å²) < 4.78 is 5.02. The van der Waals surface area contributed by atoms with Crippen LogP contribution in [0.4, 0.5) is 11.4 Å². The molecule has 21 heavy (non-hydrogen) atoms. The molecule has 8 nitrogen and oxygen atoms in total. The van der Waals surface area contributed by atoms with Gasteiger partial charge in [-0.05, 0) is 19.9 Å². The first kappa shape index (κ1) is 14.5. The molecule has 0 radical (unpaired) electrons. The Balaban J connectivity index is 2.28. The van der Waals surface area contributed by atoms with Gasteiger partial charge < -0.3 is 14.9 Å². The van der Waals surface area contributed by atoms with E-state index in [1.165, 1.54) is 12.1 Å². The first-order valence-electron chi connectivity index (χ1n) is 6.07. The largest absolute Gasteiger partial charge is 0.478 e. The van der Waals surface area contributed by atoms with Gasteiger partial charge in [0.25, 0.3) is 5.69 Å². The molecule has 1 heterocycles. The lowest BCUT2D eigenvalue weighted by Gasteiger charge is -2.09. The zero-order chi connectivity index (χ0) is 15.6. The third-order valence-corrected chi connectivity index (χ3v) is 3.08. The number of nitrogens with one attached hydrogen (secondary N) is 1. The summed E-state index contributed by atoms with van der Waals surface area (Å²) in [5, 5.41) is 26.6. The SMILES string of the molecule is Cc1noc(C)c1CNc1ccc([N+](=O)[O-])cc1C(=O)O. The van der Waals surface area contributed by atoms with Crippen molar-refractivity contribution in [1.82, 2.24) is 5.16 Å². The number of nitro benzene ring substituents is 1. The van der Waals surface area contributed by atoms with E-state index in [1.54, 1.807) is 13.8 Å². The molecule has 0 aliphatic heterocycles. The second kappa shape index (κ2) is 5.61. The van der Waals surface area contributed by atoms with E-state index >= 15 is 0 Å². The minimum atomic E-state index is -1.24. The van der Waals surface area contributed by atoms with E-state index in [-0.39, 0.29) is 11.3 Å². The summed E-state index contributed by atoms with van der Waals surface area (Å²) in [5.74, 6) is -0.598. The number of aryl methyl sites for hydroxylation is 2. The number of carboxylic acid groups (broad SMARTS) is 1. The lowest BCUT2D eigenvalue weighted by molar-refractivity contribution is -0.384. The van der Waals surface area contributed by atoms with Crippen molar-refractivity contribution in [2.45, 2.75) is 20.4 Å². The Morgan fingerprint density at radius 1 is 1.48 bits per heavy atom. The van der Waals surface area contributed by atoms with Gasteiger partial charge in [0.15, 0.2) is 0 Å². The van der Waals surface area contributed by atoms with E-state index in [0.717, 1.165) is 11.6 Å². The van der Waals surface area contributed by atoms with Gasteiger partial charge in [0.1, 0.15) is 5.76 Å². The monoisotopic (exact) mass is 291 g/mol. The molecule has 110 valence electrons. The fourth-order valence-electron chi connectivity index (χ4n) is 1.91. The lowest BCUT2D eigenvalue weighted by atomic mass is 10.1. The number of aromatic nitrogens is 1. The highest BCUT2D eigenvalue weighted by Crippen LogP contribution is 2.23. The summed E-state index contributed by atoms with van der Waals surface area (Å²) >= 11 is 0. The smallest absolute Gasteiger partial charge is 0.338 e. The standard InChI is InChI=1S/C13H13N3O5/c1-7-11(8(2)21-15-7)6-14-12-4-3-9(16(19)20)5-10(12)13(17)18/h3-5,14H,6H2,1-2H3,(H,17,18). The van der Waals surface area contributed by atoms with Crippen LogP contribution in [0.5, 0.6) is 0 Å². The Hall–Kier alpha value is -2.90. The second-order valence-electron chi connectivity index (χ2n) is 4.45. The van der Waals surface area contributed by atoms with Crippen molar-refractivity contribution in [2.24, 2.45) is 0 Å². The number of nitro groups is 1. The molecule has 0 spiro atoms. The lowest BCUT2D eigenvalue weighted by Crippen LogP contribution is -2.08. The van der Waals surface area contributed by atoms with Crippen LogP contribution >= 0.6 is 0 Å². The van der Waals surface area contributed by atoms with Gasteiger partial charge in [-0.1, -0.05) is 5.16 Å². The van der Waals surface area contributed by atoms with Crippen LogP contribution in [0.2, 0.25) is 0 Å². The number of carbonyl (C=O) groups is 1. The van der Waals surface area contributed by atoms with Crippen molar-refractivity contribution in [2.75, 3.05) is 5.32 Å². The summed E-state index contributed by atoms with van der Waals surface area (Å²) in [4.78, 5) is 21.3. The molecule has 8 heteroatoms. The molecule has 0 unspecified atom stereocenters. The van der Waals surface area contributed by atoms with Gasteiger partial charge in [0.05, 0.1) is 16.2 Å². The molecule has 0 saturated carbocycles. The van der Waals surface area contributed by atoms with Crippen LogP contribution in [0, 0.1) is 24.0 Å². The molecule has 0 bridgehead atoms. The average Bonchev–Trinajstić information content (AvgIpc) is 2.75. The molecule has 0 atom stereocenters. The molecule has 0 aliphatic carbocycles. The van der Waals surface area contributed by atoms with Crippen molar-refractivity contribution in [3.63, 3.8) is 0 Å². The van der Waals surface area contributed by atoms with Gasteiger partial charge in [0.2, 0.25) is 0 Å². The zero-order valence-corrected chi connectivity index (χ0v) is 11.4. The van der Waals surface area contributed by atoms with Crippen LogP contribution in [-0.4, -0.2) is 21.2 Å². The molecule has 1 aromatic heterocycles. The van der Waals surface area contributed by atoms with Crippen molar-refractivity contribution in [3.05, 3.63) is 50.9 Å². The molecule has 0 saturated heterocycles. The van der Waals surface area contributed by atoms with E-state index in [1.807, 2.05) is 0 Å². The van der Waals surface area contributed by atoms with Crippen LogP contribution in [0.15, 0.2) is 22.7 Å². The summed E-state index contributed by atoms with van der Waals surface area (Å²) in [6.45, 7) is 3.85. The Bertz CT molecular complexity index is 688. The van der Waals surface area contributed by atoms with Crippen LogP contribution < -0.4 is 5.32 Å². The highest BCUT2D eigenvalue weighted by atomic mass is 16.6. The van der Waals surface area contributed by atoms with Gasteiger partial charge >= 0.3 is 5.97 Å². The number of benzene rings is 1. The summed E-state index contributed by atoms with van der Waals surface area (Å²) in [5.41, 5.74) is 1.41. The Labute approximate surface area is 119 Å². The number of hydrogen-bond donors (Lipinski definition) is 2. The zero-order valence-electron chi connectivity index (χ0n) is 11.4. The van der Waals surface area contributed by atoms with E-state index < -0.39 is 10.9 Å². The summed E-state index contributed by atoms with van der Waals surface area (Å²) in [6.07, 6.45) is 0. The van der Waals surface area contributed by atoms with E-state index in [4.69, 9.17) is 9.63 Å². The number of anilines is 1. The minimum Gasteiger partial charge on any atom is -0.478 e. The number of aromatic carboxylic acids is 1. The molecule has 1 aromatic carbocycles. The third kappa shape index (κ3) is 2.99. The Kier molecular flexibility index (Phi) is 3.88. The predicted molar refractivity (Wildman–Crippen MR) is 73.4 cm³/mol. The molecule has 2 rings (SSSR count). The molecule has 2 N–H and O–H groups in total. The molecular weight excluding hydrogens is 278 g/mol. The van der Waals surface area contributed by atoms with Crippen molar-refractivity contribution in [1.29, 1.82) is 0 Å². The molecule has 0 fully saturated rings. The second-order valence-corrected chi connectivity index (χ2v) is 4.45. The highest BCUT2D eigenvalue weighted by molar-refractivity contribution is 5.95. The molecule has 0 amide bonds. The fraction of sp³-hybridized carbons (Fsp3) is 0.231. The maximum atomic E-state index is 11.2. The van der Waals surface area contributed by atoms with Crippen molar-refractivity contribution >= 4 is 17.3 Å². The van der Waals surface area contributed by atoms with Gasteiger partial charge in [-0.15, -0.1) is 0 Å². The van der Waals surface area contributed by atoms with Gasteiger partial charge in [-0.3, -0.25) is 10.1 Å². The number of rotatable bonds is 5. The predicted octanol–water partition coefficient (Wildman–Crippen LogP) is 2.51. The Morgan fingerprint density at radius 2 is 2.19 bits per heavy atom. The number of nitrogens with zero attached hydrogens (tertiary/aromatic N) is 2. The maximum absolute atomic E-state index is 11.2. The number of hydrogen-bond acceptors (Lipinski definition) is 6. The number of carboxylic acids is 1. The van der Waals surface area contributed by atoms with Crippen LogP contribution in [0.1, 0.15) is 27.4 Å². The first-order valence-corrected chi connectivity index (χ1v) is 6.07. The quantitative estimate of drug-likeness (QED) is 0.641. The maximum Gasteiger partial charge on any atom is 0.338 e. The normalized spacial score (nSPS) is 10.4. The summed E-state index contributed by atoms with van der Waals surface area (Å²) in [6, 6.07) is 3.65. The Morgan fingerprint density at radius 3 is 2.71 bits per heavy atom. The van der Waals surface area contributed by atoms with Crippen molar-refractivity contribution < 1.29 is 19.3 Å². The topological polar surface area (TPSA) is 119 Å². The van der Waals surface area contributed by atoms with Crippen LogP contribution in [0.25, 0.3) is 0 Å². The third-order valence-electron chi connectivity index (χ3n) is 3.08. The van der Waals surface area contributed by atoms with Crippen molar-refractivity contribution in [3.8, 4) is 0 Å². The molecular formula is C13H13N3O5. The van der Waals surface area contributed by atoms with Gasteiger partial charge in [-0.25, -0.2) is 4.79 Å². The average molecular weight is 291 g/mol. The highest BCUT2D eigenvalue weighted by Gasteiger charge is 2.17. The fourth-order valence-corrected chi connectivity index (χ4v) is 1.91. The van der Waals surface area contributed by atoms with Crippen LogP contribution in [-0.2, 0) is 6.54 Å². The first-order chi connectivity index (χ1) is 9.90. The van der Waals surface area contributed by atoms with Gasteiger partial charge in [0, 0.05) is 29.9 Å². The number of non-ortho nitro benzene ring substituents is 1.